The van der Waals surface area contributed by atoms with Gasteiger partial charge in [0.15, 0.2) is 0 Å². The molecular weight excluding hydrogens is 391 g/mol. The van der Waals surface area contributed by atoms with Crippen LogP contribution in [0.15, 0.2) is 46.9 Å². The lowest BCUT2D eigenvalue weighted by molar-refractivity contribution is 0.304. The van der Waals surface area contributed by atoms with Gasteiger partial charge in [-0.25, -0.2) is 0 Å². The van der Waals surface area contributed by atoms with E-state index in [0.29, 0.717) is 6.61 Å². The molecule has 2 aromatic carbocycles. The van der Waals surface area contributed by atoms with E-state index in [-0.39, 0.29) is 0 Å². The molecule has 88 valence electrons. The molecule has 0 spiro atoms. The SMILES string of the molecule is Cc1ccc(OCc2ccc(I)cc2)c(Br)c1. The van der Waals surface area contributed by atoms with Gasteiger partial charge in [-0.3, -0.25) is 0 Å². The smallest absolute Gasteiger partial charge is 0.134 e. The fourth-order valence-electron chi connectivity index (χ4n) is 1.46. The molecule has 0 bridgehead atoms. The summed E-state index contributed by atoms with van der Waals surface area (Å²) in [6, 6.07) is 14.4. The number of hydrogen-bond donors (Lipinski definition) is 0. The number of hydrogen-bond acceptors (Lipinski definition) is 1. The molecule has 0 N–H and O–H groups in total. The number of benzene rings is 2. The topological polar surface area (TPSA) is 9.23 Å². The van der Waals surface area contributed by atoms with Gasteiger partial charge in [-0.05, 0) is 80.8 Å². The normalized spacial score (nSPS) is 10.3. The molecule has 2 rings (SSSR count). The van der Waals surface area contributed by atoms with Gasteiger partial charge in [-0.15, -0.1) is 0 Å². The zero-order valence-electron chi connectivity index (χ0n) is 9.41. The minimum absolute atomic E-state index is 0.596. The lowest BCUT2D eigenvalue weighted by Gasteiger charge is -2.08. The molecule has 17 heavy (non-hydrogen) atoms. The summed E-state index contributed by atoms with van der Waals surface area (Å²) < 4.78 is 8.01. The largest absolute Gasteiger partial charge is 0.488 e. The van der Waals surface area contributed by atoms with Crippen LogP contribution in [0.25, 0.3) is 0 Å². The van der Waals surface area contributed by atoms with Gasteiger partial charge >= 0.3 is 0 Å². The molecule has 0 amide bonds. The second-order valence-corrected chi connectivity index (χ2v) is 5.95. The molecule has 0 aliphatic carbocycles. The highest BCUT2D eigenvalue weighted by Crippen LogP contribution is 2.26. The first-order valence-electron chi connectivity index (χ1n) is 5.28. The lowest BCUT2D eigenvalue weighted by atomic mass is 10.2. The maximum atomic E-state index is 5.77. The molecular formula is C14H12BrIO. The van der Waals surface area contributed by atoms with E-state index in [0.717, 1.165) is 10.2 Å². The fraction of sp³-hybridized carbons (Fsp3) is 0.143. The zero-order chi connectivity index (χ0) is 12.3. The summed E-state index contributed by atoms with van der Waals surface area (Å²) in [6.45, 7) is 2.66. The first-order valence-corrected chi connectivity index (χ1v) is 7.16. The Hall–Kier alpha value is -0.550. The summed E-state index contributed by atoms with van der Waals surface area (Å²) in [5.74, 6) is 0.883. The third kappa shape index (κ3) is 3.71. The molecule has 2 aromatic rings. The van der Waals surface area contributed by atoms with Gasteiger partial charge in [0.2, 0.25) is 0 Å². The number of halogens is 2. The van der Waals surface area contributed by atoms with E-state index in [2.05, 4.69) is 75.8 Å². The molecule has 0 heterocycles. The molecule has 0 radical (unpaired) electrons. The van der Waals surface area contributed by atoms with Gasteiger partial charge in [0.05, 0.1) is 4.47 Å². The predicted molar refractivity (Wildman–Crippen MR) is 82.4 cm³/mol. The van der Waals surface area contributed by atoms with Crippen LogP contribution in [0.4, 0.5) is 0 Å². The summed E-state index contributed by atoms with van der Waals surface area (Å²) in [5.41, 5.74) is 2.40. The summed E-state index contributed by atoms with van der Waals surface area (Å²) in [5, 5.41) is 0. The van der Waals surface area contributed by atoms with E-state index in [1.807, 2.05) is 12.1 Å². The van der Waals surface area contributed by atoms with Crippen LogP contribution in [0, 0.1) is 10.5 Å². The third-order valence-corrected chi connectivity index (χ3v) is 3.73. The Bertz CT molecular complexity index is 508. The molecule has 0 aliphatic rings. The average Bonchev–Trinajstić information content (AvgIpc) is 2.30. The number of rotatable bonds is 3. The quantitative estimate of drug-likeness (QED) is 0.660. The van der Waals surface area contributed by atoms with Gasteiger partial charge in [0.25, 0.3) is 0 Å². The van der Waals surface area contributed by atoms with Crippen LogP contribution in [0.5, 0.6) is 5.75 Å². The minimum atomic E-state index is 0.596. The van der Waals surface area contributed by atoms with Crippen molar-refractivity contribution in [3.63, 3.8) is 0 Å². The average molecular weight is 403 g/mol. The van der Waals surface area contributed by atoms with E-state index >= 15 is 0 Å². The molecule has 0 fully saturated rings. The van der Waals surface area contributed by atoms with Crippen LogP contribution in [-0.2, 0) is 6.61 Å². The fourth-order valence-corrected chi connectivity index (χ4v) is 2.43. The highest BCUT2D eigenvalue weighted by molar-refractivity contribution is 14.1. The summed E-state index contributed by atoms with van der Waals surface area (Å²) in [6.07, 6.45) is 0. The molecule has 0 aliphatic heterocycles. The van der Waals surface area contributed by atoms with Crippen LogP contribution < -0.4 is 4.74 Å². The number of ether oxygens (including phenoxy) is 1. The Morgan fingerprint density at radius 3 is 2.47 bits per heavy atom. The molecule has 0 saturated heterocycles. The molecule has 0 aromatic heterocycles. The minimum Gasteiger partial charge on any atom is -0.488 e. The summed E-state index contributed by atoms with van der Waals surface area (Å²) >= 11 is 5.80. The van der Waals surface area contributed by atoms with Crippen molar-refractivity contribution in [1.29, 1.82) is 0 Å². The van der Waals surface area contributed by atoms with Gasteiger partial charge in [-0.1, -0.05) is 18.2 Å². The Morgan fingerprint density at radius 1 is 1.12 bits per heavy atom. The van der Waals surface area contributed by atoms with Crippen molar-refractivity contribution >= 4 is 38.5 Å². The number of aryl methyl sites for hydroxylation is 1. The van der Waals surface area contributed by atoms with Crippen LogP contribution in [0.3, 0.4) is 0 Å². The molecule has 1 nitrogen and oxygen atoms in total. The monoisotopic (exact) mass is 402 g/mol. The Morgan fingerprint density at radius 2 is 1.82 bits per heavy atom. The van der Waals surface area contributed by atoms with Gasteiger partial charge < -0.3 is 4.74 Å². The van der Waals surface area contributed by atoms with Crippen molar-refractivity contribution in [2.45, 2.75) is 13.5 Å². The Kier molecular flexibility index (Phi) is 4.45. The van der Waals surface area contributed by atoms with Gasteiger partial charge in [0, 0.05) is 3.57 Å². The van der Waals surface area contributed by atoms with E-state index in [1.54, 1.807) is 0 Å². The second-order valence-electron chi connectivity index (χ2n) is 3.85. The predicted octanol–water partition coefficient (Wildman–Crippen LogP) is 4.94. The van der Waals surface area contributed by atoms with Crippen LogP contribution in [0.2, 0.25) is 0 Å². The van der Waals surface area contributed by atoms with E-state index in [1.165, 1.54) is 14.7 Å². The Balaban J connectivity index is 2.04. The van der Waals surface area contributed by atoms with Crippen LogP contribution >= 0.6 is 38.5 Å². The zero-order valence-corrected chi connectivity index (χ0v) is 13.2. The maximum Gasteiger partial charge on any atom is 0.134 e. The standard InChI is InChI=1S/C14H12BrIO/c1-10-2-7-14(13(15)8-10)17-9-11-3-5-12(16)6-4-11/h2-8H,9H2,1H3. The van der Waals surface area contributed by atoms with Crippen molar-refractivity contribution in [3.8, 4) is 5.75 Å². The van der Waals surface area contributed by atoms with Crippen LogP contribution in [0.1, 0.15) is 11.1 Å². The lowest BCUT2D eigenvalue weighted by Crippen LogP contribution is -1.96. The third-order valence-electron chi connectivity index (χ3n) is 2.39. The van der Waals surface area contributed by atoms with Crippen LogP contribution in [-0.4, -0.2) is 0 Å². The molecule has 0 unspecified atom stereocenters. The first-order chi connectivity index (χ1) is 8.15. The van der Waals surface area contributed by atoms with Gasteiger partial charge in [0.1, 0.15) is 12.4 Å². The highest BCUT2D eigenvalue weighted by Gasteiger charge is 2.01. The Labute approximate surface area is 123 Å². The summed E-state index contributed by atoms with van der Waals surface area (Å²) in [4.78, 5) is 0. The maximum absolute atomic E-state index is 5.77. The van der Waals surface area contributed by atoms with Gasteiger partial charge in [-0.2, -0.15) is 0 Å². The molecule has 0 atom stereocenters. The van der Waals surface area contributed by atoms with E-state index in [4.69, 9.17) is 4.74 Å². The van der Waals surface area contributed by atoms with E-state index in [9.17, 15) is 0 Å². The molecule has 3 heteroatoms. The van der Waals surface area contributed by atoms with Crippen molar-refractivity contribution in [2.75, 3.05) is 0 Å². The van der Waals surface area contributed by atoms with Crippen molar-refractivity contribution in [1.82, 2.24) is 0 Å². The van der Waals surface area contributed by atoms with Crippen molar-refractivity contribution in [3.05, 3.63) is 61.6 Å². The van der Waals surface area contributed by atoms with E-state index < -0.39 is 0 Å². The molecule has 0 saturated carbocycles. The van der Waals surface area contributed by atoms with Crippen molar-refractivity contribution < 1.29 is 4.74 Å². The summed E-state index contributed by atoms with van der Waals surface area (Å²) in [7, 11) is 0. The highest BCUT2D eigenvalue weighted by atomic mass is 127. The second kappa shape index (κ2) is 5.87. The first kappa shape index (κ1) is 12.9. The van der Waals surface area contributed by atoms with Crippen molar-refractivity contribution in [2.24, 2.45) is 0 Å².